The van der Waals surface area contributed by atoms with E-state index in [4.69, 9.17) is 0 Å². The fraction of sp³-hybridized carbons (Fsp3) is 0. The molecule has 264 valence electrons. The van der Waals surface area contributed by atoms with E-state index >= 15 is 0 Å². The molecule has 0 N–H and O–H groups in total. The number of rotatable bonds is 8. The van der Waals surface area contributed by atoms with E-state index in [-0.39, 0.29) is 0 Å². The van der Waals surface area contributed by atoms with Gasteiger partial charge in [0.05, 0.1) is 11.0 Å². The van der Waals surface area contributed by atoms with Crippen LogP contribution in [0.2, 0.25) is 0 Å². The Bertz CT molecular complexity index is 2910. The van der Waals surface area contributed by atoms with Crippen molar-refractivity contribution in [2.24, 2.45) is 0 Å². The fourth-order valence-corrected chi connectivity index (χ4v) is 7.92. The van der Waals surface area contributed by atoms with Crippen LogP contribution >= 0.6 is 0 Å². The molecule has 0 saturated carbocycles. The van der Waals surface area contributed by atoms with Crippen LogP contribution in [0.5, 0.6) is 0 Å². The molecule has 0 saturated heterocycles. The van der Waals surface area contributed by atoms with Crippen molar-refractivity contribution in [3.63, 3.8) is 0 Å². The molecule has 10 aromatic rings. The second-order valence-electron chi connectivity index (χ2n) is 14.1. The minimum Gasteiger partial charge on any atom is -0.311 e. The van der Waals surface area contributed by atoms with Gasteiger partial charge in [-0.1, -0.05) is 127 Å². The summed E-state index contributed by atoms with van der Waals surface area (Å²) in [5.41, 5.74) is 16.3. The zero-order chi connectivity index (χ0) is 37.3. The molecule has 0 unspecified atom stereocenters. The van der Waals surface area contributed by atoms with E-state index in [9.17, 15) is 0 Å². The normalized spacial score (nSPS) is 11.2. The van der Waals surface area contributed by atoms with Gasteiger partial charge in [-0.3, -0.25) is 4.98 Å². The van der Waals surface area contributed by atoms with Gasteiger partial charge in [0.25, 0.3) is 0 Å². The van der Waals surface area contributed by atoms with Crippen molar-refractivity contribution in [3.05, 3.63) is 225 Å². The minimum atomic E-state index is 1.09. The Hall–Kier alpha value is -7.49. The van der Waals surface area contributed by atoms with Crippen molar-refractivity contribution in [1.82, 2.24) is 9.55 Å². The van der Waals surface area contributed by atoms with Crippen LogP contribution in [0.4, 0.5) is 17.1 Å². The van der Waals surface area contributed by atoms with E-state index in [1.54, 1.807) is 0 Å². The topological polar surface area (TPSA) is 21.1 Å². The van der Waals surface area contributed by atoms with E-state index in [1.807, 2.05) is 24.5 Å². The predicted molar refractivity (Wildman–Crippen MR) is 235 cm³/mol. The molecule has 0 aliphatic heterocycles. The molecule has 0 spiro atoms. The van der Waals surface area contributed by atoms with Crippen LogP contribution in [-0.4, -0.2) is 9.55 Å². The zero-order valence-electron chi connectivity index (χ0n) is 30.7. The second-order valence-corrected chi connectivity index (χ2v) is 14.1. The smallest absolute Gasteiger partial charge is 0.0541 e. The van der Waals surface area contributed by atoms with E-state index in [0.29, 0.717) is 0 Å². The highest BCUT2D eigenvalue weighted by molar-refractivity contribution is 6.10. The fourth-order valence-electron chi connectivity index (χ4n) is 7.92. The maximum Gasteiger partial charge on any atom is 0.0541 e. The summed E-state index contributed by atoms with van der Waals surface area (Å²) in [6.07, 6.45) is 3.68. The van der Waals surface area contributed by atoms with Gasteiger partial charge in [-0.25, -0.2) is 0 Å². The number of fused-ring (bicyclic) bond motifs is 3. The maximum atomic E-state index is 4.21. The van der Waals surface area contributed by atoms with E-state index in [0.717, 1.165) is 28.2 Å². The Morgan fingerprint density at radius 2 is 0.732 bits per heavy atom. The van der Waals surface area contributed by atoms with Crippen molar-refractivity contribution in [2.45, 2.75) is 0 Å². The number of nitrogens with zero attached hydrogens (tertiary/aromatic N) is 3. The zero-order valence-corrected chi connectivity index (χ0v) is 30.7. The first-order valence-corrected chi connectivity index (χ1v) is 19.0. The molecule has 0 bridgehead atoms. The molecule has 8 aromatic carbocycles. The Morgan fingerprint density at radius 1 is 0.304 bits per heavy atom. The number of aromatic nitrogens is 2. The monoisotopic (exact) mass is 715 g/mol. The molecule has 3 nitrogen and oxygen atoms in total. The summed E-state index contributed by atoms with van der Waals surface area (Å²) >= 11 is 0. The SMILES string of the molecule is c1ccc(-c2cccc(-c3ccc(N(c4ccc(-c5ccncc5)cc4)c4ccc(-c5ccc6c(c5)c5ccccc5n6-c5ccccc5)cc4)cc3)c2)cc1. The molecule has 10 rings (SSSR count). The quantitative estimate of drug-likeness (QED) is 0.156. The minimum absolute atomic E-state index is 1.09. The highest BCUT2D eigenvalue weighted by atomic mass is 15.1. The number of benzene rings is 8. The summed E-state index contributed by atoms with van der Waals surface area (Å²) < 4.78 is 2.36. The molecule has 2 aromatic heterocycles. The number of anilines is 3. The first kappa shape index (κ1) is 33.1. The molecule has 0 radical (unpaired) electrons. The summed E-state index contributed by atoms with van der Waals surface area (Å²) in [5, 5.41) is 2.50. The van der Waals surface area contributed by atoms with Crippen LogP contribution in [0.3, 0.4) is 0 Å². The number of hydrogen-bond acceptors (Lipinski definition) is 2. The third-order valence-corrected chi connectivity index (χ3v) is 10.7. The molecule has 2 heterocycles. The standard InChI is InChI=1S/C53H37N3/c1-3-10-38(11-4-1)43-12-9-13-44(36-43)40-20-27-48(28-21-40)55(47-25-18-39(19-26-47)42-32-34-54-35-33-42)49-29-22-41(23-30-49)45-24-31-53-51(37-45)50-16-7-8-17-52(50)56(53)46-14-5-2-6-15-46/h1-37H. The van der Waals surface area contributed by atoms with E-state index in [1.165, 1.54) is 60.9 Å². The third kappa shape index (κ3) is 6.21. The average molecular weight is 716 g/mol. The van der Waals surface area contributed by atoms with Gasteiger partial charge in [0, 0.05) is 45.9 Å². The van der Waals surface area contributed by atoms with Crippen LogP contribution in [0.25, 0.3) is 72.0 Å². The van der Waals surface area contributed by atoms with Crippen molar-refractivity contribution in [1.29, 1.82) is 0 Å². The highest BCUT2D eigenvalue weighted by Crippen LogP contribution is 2.39. The van der Waals surface area contributed by atoms with Gasteiger partial charge in [-0.2, -0.15) is 0 Å². The van der Waals surface area contributed by atoms with Gasteiger partial charge < -0.3 is 9.47 Å². The first-order valence-electron chi connectivity index (χ1n) is 19.0. The number of pyridine rings is 1. The molecule has 56 heavy (non-hydrogen) atoms. The average Bonchev–Trinajstić information content (AvgIpc) is 3.62. The summed E-state index contributed by atoms with van der Waals surface area (Å²) in [6.45, 7) is 0. The molecule has 0 atom stereocenters. The van der Waals surface area contributed by atoms with Gasteiger partial charge in [-0.05, 0) is 129 Å². The molecular weight excluding hydrogens is 679 g/mol. The van der Waals surface area contributed by atoms with Crippen molar-refractivity contribution < 1.29 is 0 Å². The van der Waals surface area contributed by atoms with Crippen molar-refractivity contribution in [2.75, 3.05) is 4.90 Å². The molecule has 3 heteroatoms. The largest absolute Gasteiger partial charge is 0.311 e. The van der Waals surface area contributed by atoms with Gasteiger partial charge in [0.1, 0.15) is 0 Å². The summed E-state index contributed by atoms with van der Waals surface area (Å²) in [6, 6.07) is 76.3. The third-order valence-electron chi connectivity index (χ3n) is 10.7. The Balaban J connectivity index is 1.02. The van der Waals surface area contributed by atoms with Gasteiger partial charge in [0.15, 0.2) is 0 Å². The summed E-state index contributed by atoms with van der Waals surface area (Å²) in [5.74, 6) is 0. The molecular formula is C53H37N3. The lowest BCUT2D eigenvalue weighted by Gasteiger charge is -2.26. The Morgan fingerprint density at radius 3 is 1.34 bits per heavy atom. The van der Waals surface area contributed by atoms with Gasteiger partial charge in [0.2, 0.25) is 0 Å². The predicted octanol–water partition coefficient (Wildman–Crippen LogP) is 14.3. The highest BCUT2D eigenvalue weighted by Gasteiger charge is 2.16. The second kappa shape index (κ2) is 14.4. The summed E-state index contributed by atoms with van der Waals surface area (Å²) in [7, 11) is 0. The van der Waals surface area contributed by atoms with Gasteiger partial charge in [-0.15, -0.1) is 0 Å². The van der Waals surface area contributed by atoms with Gasteiger partial charge >= 0.3 is 0 Å². The van der Waals surface area contributed by atoms with Crippen LogP contribution in [0.15, 0.2) is 225 Å². The number of para-hydroxylation sites is 2. The van der Waals surface area contributed by atoms with Crippen LogP contribution in [0.1, 0.15) is 0 Å². The number of hydrogen-bond donors (Lipinski definition) is 0. The van der Waals surface area contributed by atoms with Crippen molar-refractivity contribution in [3.8, 4) is 50.2 Å². The lowest BCUT2D eigenvalue weighted by Crippen LogP contribution is -2.09. The van der Waals surface area contributed by atoms with E-state index in [2.05, 4.69) is 215 Å². The molecule has 0 aliphatic carbocycles. The molecule has 0 amide bonds. The van der Waals surface area contributed by atoms with Crippen LogP contribution in [-0.2, 0) is 0 Å². The first-order chi connectivity index (χ1) is 27.8. The lowest BCUT2D eigenvalue weighted by atomic mass is 9.98. The Kier molecular flexibility index (Phi) is 8.51. The van der Waals surface area contributed by atoms with Crippen molar-refractivity contribution >= 4 is 38.9 Å². The van der Waals surface area contributed by atoms with E-state index < -0.39 is 0 Å². The lowest BCUT2D eigenvalue weighted by molar-refractivity contribution is 1.18. The van der Waals surface area contributed by atoms with Crippen LogP contribution in [0, 0.1) is 0 Å². The molecule has 0 aliphatic rings. The van der Waals surface area contributed by atoms with Crippen LogP contribution < -0.4 is 4.90 Å². The molecule has 0 fully saturated rings. The maximum absolute atomic E-state index is 4.21. The summed E-state index contributed by atoms with van der Waals surface area (Å²) in [4.78, 5) is 6.54. The Labute approximate surface area is 327 Å².